The highest BCUT2D eigenvalue weighted by molar-refractivity contribution is 6.22. The molecule has 268 valence electrons. The Bertz CT molecular complexity index is 2950. The zero-order valence-electron chi connectivity index (χ0n) is 30.7. The fourth-order valence-electron chi connectivity index (χ4n) is 7.66. The molecule has 0 saturated heterocycles. The summed E-state index contributed by atoms with van der Waals surface area (Å²) in [5.41, 5.74) is 12.6. The molecule has 0 bridgehead atoms. The number of nitrogens with zero attached hydrogens (tertiary/aromatic N) is 4. The zero-order valence-corrected chi connectivity index (χ0v) is 30.7. The Labute approximate surface area is 325 Å². The fourth-order valence-corrected chi connectivity index (χ4v) is 7.66. The van der Waals surface area contributed by atoms with Crippen LogP contribution >= 0.6 is 0 Å². The van der Waals surface area contributed by atoms with Crippen LogP contribution < -0.4 is 5.32 Å². The van der Waals surface area contributed by atoms with E-state index in [0.29, 0.717) is 18.1 Å². The maximum absolute atomic E-state index is 9.52. The molecule has 2 N–H and O–H groups in total. The van der Waals surface area contributed by atoms with E-state index < -0.39 is 0 Å². The van der Waals surface area contributed by atoms with E-state index in [0.717, 1.165) is 77.6 Å². The normalized spacial score (nSPS) is 11.6. The van der Waals surface area contributed by atoms with Crippen molar-refractivity contribution in [2.75, 3.05) is 0 Å². The van der Waals surface area contributed by atoms with E-state index in [1.54, 1.807) is 0 Å². The van der Waals surface area contributed by atoms with Crippen LogP contribution in [0, 0.1) is 5.41 Å². The number of hydrogen-bond donors (Lipinski definition) is 2. The highest BCUT2D eigenvalue weighted by Crippen LogP contribution is 2.39. The van der Waals surface area contributed by atoms with Gasteiger partial charge in [0.2, 0.25) is 5.96 Å². The number of pyridine rings is 1. The molecule has 6 heteroatoms. The van der Waals surface area contributed by atoms with E-state index in [4.69, 9.17) is 9.98 Å². The summed E-state index contributed by atoms with van der Waals surface area (Å²) in [6.45, 7) is 8.91. The molecule has 0 unspecified atom stereocenters. The molecule has 0 amide bonds. The number of aromatic nitrogens is 3. The number of para-hydroxylation sites is 2. The van der Waals surface area contributed by atoms with Gasteiger partial charge in [0.25, 0.3) is 0 Å². The van der Waals surface area contributed by atoms with Crippen LogP contribution in [-0.2, 0) is 6.54 Å². The number of amidine groups is 1. The van der Waals surface area contributed by atoms with Gasteiger partial charge in [-0.05, 0) is 64.2 Å². The van der Waals surface area contributed by atoms with Gasteiger partial charge in [0.15, 0.2) is 5.84 Å². The third kappa shape index (κ3) is 6.09. The Morgan fingerprint density at radius 1 is 0.643 bits per heavy atom. The third-order valence-electron chi connectivity index (χ3n) is 10.3. The summed E-state index contributed by atoms with van der Waals surface area (Å²) < 4.78 is 4.37. The first kappa shape index (κ1) is 34.2. The topological polar surface area (TPSA) is 71.0 Å². The van der Waals surface area contributed by atoms with Crippen molar-refractivity contribution in [2.24, 2.45) is 4.99 Å². The lowest BCUT2D eigenvalue weighted by atomic mass is 10.0. The molecule has 6 nitrogen and oxygen atoms in total. The van der Waals surface area contributed by atoms with Crippen LogP contribution in [0.3, 0.4) is 0 Å². The fraction of sp³-hybridized carbons (Fsp3) is 0.0200. The summed E-state index contributed by atoms with van der Waals surface area (Å²) in [4.78, 5) is 10.3. The molecule has 9 rings (SSSR count). The first-order chi connectivity index (χ1) is 27.6. The lowest BCUT2D eigenvalue weighted by molar-refractivity contribution is 0.882. The van der Waals surface area contributed by atoms with Crippen LogP contribution in [0.2, 0.25) is 0 Å². The molecule has 0 aliphatic carbocycles. The van der Waals surface area contributed by atoms with E-state index in [1.807, 2.05) is 91.1 Å². The van der Waals surface area contributed by atoms with Crippen molar-refractivity contribution < 1.29 is 0 Å². The van der Waals surface area contributed by atoms with Crippen molar-refractivity contribution in [1.82, 2.24) is 19.4 Å². The van der Waals surface area contributed by atoms with Gasteiger partial charge >= 0.3 is 0 Å². The predicted octanol–water partition coefficient (Wildman–Crippen LogP) is 11.8. The average Bonchev–Trinajstić information content (AvgIpc) is 3.78. The molecular formula is C50H38N6. The Morgan fingerprint density at radius 3 is 1.96 bits per heavy atom. The first-order valence-corrected chi connectivity index (χ1v) is 18.6. The Balaban J connectivity index is 1.29. The molecule has 3 heterocycles. The van der Waals surface area contributed by atoms with Gasteiger partial charge in [-0.2, -0.15) is 4.99 Å². The number of nitrogens with one attached hydrogen (secondary N) is 2. The molecule has 0 aliphatic heterocycles. The molecule has 3 aromatic heterocycles. The summed E-state index contributed by atoms with van der Waals surface area (Å²) in [6.07, 6.45) is 5.70. The van der Waals surface area contributed by atoms with Crippen molar-refractivity contribution in [3.8, 4) is 27.9 Å². The standard InChI is InChI=1S/C50H38N6/c1-3-41-43-33-52-46-42-28-14-15-29-45(42)56(48(46)47(43)55(44(41)4-2)40-26-12-7-13-27-40)50(53-32-34-18-16-23-37(30-34)35-19-8-5-9-20-35)54-49(51)39-25-17-24-38(31-39)36-21-10-6-11-22-36/h3-31,33H,1-2,32H2,(H2,51,53,54). The van der Waals surface area contributed by atoms with Crippen LogP contribution in [0.5, 0.6) is 0 Å². The molecule has 56 heavy (non-hydrogen) atoms. The highest BCUT2D eigenvalue weighted by atomic mass is 15.2. The predicted molar refractivity (Wildman–Crippen MR) is 235 cm³/mol. The second-order valence-electron chi connectivity index (χ2n) is 13.6. The molecule has 6 aromatic carbocycles. The summed E-state index contributed by atoms with van der Waals surface area (Å²) >= 11 is 0. The Morgan fingerprint density at radius 2 is 1.27 bits per heavy atom. The van der Waals surface area contributed by atoms with Crippen LogP contribution in [0.1, 0.15) is 22.4 Å². The summed E-state index contributed by atoms with van der Waals surface area (Å²) in [7, 11) is 0. The SMILES string of the molecule is C=Cc1c(C=C)n(-c2ccccc2)c2c1cnc1c3ccccc3n(C(=NC(=N)c3cccc(-c4ccccc4)c3)NCc3cccc(-c4ccccc4)c3)c12. The second kappa shape index (κ2) is 14.7. The summed E-state index contributed by atoms with van der Waals surface area (Å²) in [6, 6.07) is 55.7. The van der Waals surface area contributed by atoms with Crippen molar-refractivity contribution in [3.05, 3.63) is 206 Å². The molecule has 0 saturated carbocycles. The summed E-state index contributed by atoms with van der Waals surface area (Å²) in [5, 5.41) is 15.1. The minimum Gasteiger partial charge on any atom is -0.351 e. The molecule has 0 atom stereocenters. The van der Waals surface area contributed by atoms with Gasteiger partial charge in [0.05, 0.1) is 22.2 Å². The lowest BCUT2D eigenvalue weighted by Gasteiger charge is -2.17. The number of hydrogen-bond acceptors (Lipinski definition) is 2. The highest BCUT2D eigenvalue weighted by Gasteiger charge is 2.25. The smallest absolute Gasteiger partial charge is 0.210 e. The quantitative estimate of drug-likeness (QED) is 0.121. The monoisotopic (exact) mass is 722 g/mol. The van der Waals surface area contributed by atoms with Gasteiger partial charge in [-0.15, -0.1) is 0 Å². The van der Waals surface area contributed by atoms with Gasteiger partial charge in [0.1, 0.15) is 5.52 Å². The van der Waals surface area contributed by atoms with Crippen molar-refractivity contribution in [3.63, 3.8) is 0 Å². The number of benzene rings is 6. The van der Waals surface area contributed by atoms with Gasteiger partial charge < -0.3 is 9.88 Å². The lowest BCUT2D eigenvalue weighted by Crippen LogP contribution is -2.31. The number of rotatable bonds is 8. The van der Waals surface area contributed by atoms with Crippen molar-refractivity contribution in [2.45, 2.75) is 6.54 Å². The second-order valence-corrected chi connectivity index (χ2v) is 13.6. The minimum atomic E-state index is 0.131. The van der Waals surface area contributed by atoms with E-state index in [2.05, 4.69) is 119 Å². The summed E-state index contributed by atoms with van der Waals surface area (Å²) in [5.74, 6) is 0.637. The van der Waals surface area contributed by atoms with E-state index in [1.165, 1.54) is 0 Å². The van der Waals surface area contributed by atoms with Crippen LogP contribution in [-0.4, -0.2) is 25.9 Å². The van der Waals surface area contributed by atoms with Crippen LogP contribution in [0.15, 0.2) is 188 Å². The Kier molecular flexibility index (Phi) is 8.97. The molecule has 0 spiro atoms. The van der Waals surface area contributed by atoms with Gasteiger partial charge in [-0.25, -0.2) is 0 Å². The molecule has 9 aromatic rings. The zero-order chi connectivity index (χ0) is 38.0. The van der Waals surface area contributed by atoms with E-state index in [-0.39, 0.29) is 5.84 Å². The van der Waals surface area contributed by atoms with Gasteiger partial charge in [0, 0.05) is 40.3 Å². The Hall–Kier alpha value is -7.57. The average molecular weight is 723 g/mol. The molecule has 0 radical (unpaired) electrons. The van der Waals surface area contributed by atoms with Gasteiger partial charge in [-0.1, -0.05) is 153 Å². The maximum atomic E-state index is 9.52. The first-order valence-electron chi connectivity index (χ1n) is 18.6. The molecular weight excluding hydrogens is 685 g/mol. The van der Waals surface area contributed by atoms with E-state index in [9.17, 15) is 5.41 Å². The molecule has 0 fully saturated rings. The maximum Gasteiger partial charge on any atom is 0.210 e. The van der Waals surface area contributed by atoms with Crippen molar-refractivity contribution >= 4 is 56.8 Å². The molecule has 0 aliphatic rings. The van der Waals surface area contributed by atoms with E-state index >= 15 is 0 Å². The third-order valence-corrected chi connectivity index (χ3v) is 10.3. The number of aliphatic imine (C=N–C) groups is 1. The largest absolute Gasteiger partial charge is 0.351 e. The number of fused-ring (bicyclic) bond motifs is 5. The van der Waals surface area contributed by atoms with Crippen molar-refractivity contribution in [1.29, 1.82) is 5.41 Å². The minimum absolute atomic E-state index is 0.131. The van der Waals surface area contributed by atoms with Gasteiger partial charge in [-0.3, -0.25) is 15.0 Å². The van der Waals surface area contributed by atoms with Crippen LogP contribution in [0.25, 0.3) is 72.9 Å². The van der Waals surface area contributed by atoms with Crippen LogP contribution in [0.4, 0.5) is 0 Å².